The van der Waals surface area contributed by atoms with E-state index in [1.165, 1.54) is 0 Å². The largest absolute Gasteiger partial charge is 0.455 e. The number of hydrogen-bond acceptors (Lipinski definition) is 6. The maximum atomic E-state index is 6.81. The van der Waals surface area contributed by atoms with Gasteiger partial charge in [-0.2, -0.15) is 0 Å². The second kappa shape index (κ2) is 15.5. The third kappa shape index (κ3) is 6.51. The number of fused-ring (bicyclic) bond motifs is 7. The van der Waals surface area contributed by atoms with Crippen LogP contribution in [0, 0.1) is 0 Å². The van der Waals surface area contributed by atoms with E-state index in [9.17, 15) is 0 Å². The van der Waals surface area contributed by atoms with Crippen molar-refractivity contribution >= 4 is 43.7 Å². The molecule has 0 fully saturated rings. The molecule has 0 aliphatic heterocycles. The normalized spacial score (nSPS) is 12.3. The molecule has 0 aliphatic carbocycles. The number of allylic oxidation sites excluding steroid dienone is 2. The molecule has 4 aromatic heterocycles. The van der Waals surface area contributed by atoms with Gasteiger partial charge in [0.1, 0.15) is 22.8 Å². The van der Waals surface area contributed by atoms with Crippen LogP contribution in [0.15, 0.2) is 192 Å². The van der Waals surface area contributed by atoms with Crippen LogP contribution in [0.5, 0.6) is 0 Å². The van der Waals surface area contributed by atoms with Crippen molar-refractivity contribution in [2.24, 2.45) is 0 Å². The van der Waals surface area contributed by atoms with Crippen molar-refractivity contribution in [3.05, 3.63) is 194 Å². The van der Waals surface area contributed by atoms with Crippen LogP contribution in [-0.4, -0.2) is 29.5 Å². The van der Waals surface area contributed by atoms with Gasteiger partial charge >= 0.3 is 0 Å². The molecule has 4 heterocycles. The van der Waals surface area contributed by atoms with E-state index >= 15 is 0 Å². The lowest BCUT2D eigenvalue weighted by Gasteiger charge is -2.15. The molecule has 7 aromatic carbocycles. The van der Waals surface area contributed by atoms with Gasteiger partial charge in [-0.3, -0.25) is 4.57 Å². The molecule has 7 nitrogen and oxygen atoms in total. The Morgan fingerprint density at radius 1 is 0.532 bits per heavy atom. The van der Waals surface area contributed by atoms with Crippen molar-refractivity contribution in [2.75, 3.05) is 0 Å². The first-order chi connectivity index (χ1) is 30.6. The summed E-state index contributed by atoms with van der Waals surface area (Å²) in [6, 6.07) is 60.5. The maximum Gasteiger partial charge on any atom is 0.163 e. The van der Waals surface area contributed by atoms with Gasteiger partial charge in [-0.25, -0.2) is 24.9 Å². The van der Waals surface area contributed by atoms with E-state index < -0.39 is 0 Å². The third-order valence-corrected chi connectivity index (χ3v) is 11.6. The van der Waals surface area contributed by atoms with Gasteiger partial charge < -0.3 is 4.42 Å². The van der Waals surface area contributed by atoms with E-state index in [0.717, 1.165) is 101 Å². The Morgan fingerprint density at radius 2 is 1.10 bits per heavy atom. The number of aromatic nitrogens is 6. The Morgan fingerprint density at radius 3 is 1.77 bits per heavy atom. The molecule has 0 N–H and O–H groups in total. The molecule has 0 saturated heterocycles. The second-order valence-electron chi connectivity index (χ2n) is 15.6. The zero-order valence-corrected chi connectivity index (χ0v) is 34.3. The molecule has 0 amide bonds. The topological polar surface area (TPSA) is 82.5 Å². The number of rotatable bonds is 9. The van der Waals surface area contributed by atoms with Crippen molar-refractivity contribution in [1.82, 2.24) is 29.5 Å². The molecule has 0 bridgehead atoms. The quantitative estimate of drug-likeness (QED) is 0.135. The molecule has 0 radical (unpaired) electrons. The van der Waals surface area contributed by atoms with Crippen molar-refractivity contribution in [1.29, 1.82) is 0 Å². The summed E-state index contributed by atoms with van der Waals surface area (Å²) in [5.74, 6) is 3.61. The van der Waals surface area contributed by atoms with Crippen LogP contribution >= 0.6 is 0 Å². The van der Waals surface area contributed by atoms with Gasteiger partial charge in [0.15, 0.2) is 17.5 Å². The van der Waals surface area contributed by atoms with Gasteiger partial charge in [0, 0.05) is 56.0 Å². The fourth-order valence-corrected chi connectivity index (χ4v) is 8.51. The number of hydrogen-bond donors (Lipinski definition) is 0. The molecule has 0 spiro atoms. The summed E-state index contributed by atoms with van der Waals surface area (Å²) in [6.45, 7) is 4.21. The van der Waals surface area contributed by atoms with E-state index in [2.05, 4.69) is 121 Å². The lowest BCUT2D eigenvalue weighted by Crippen LogP contribution is -2.06. The predicted molar refractivity (Wildman–Crippen MR) is 252 cm³/mol. The van der Waals surface area contributed by atoms with Crippen LogP contribution in [0.25, 0.3) is 106 Å². The fourth-order valence-electron chi connectivity index (χ4n) is 8.51. The number of benzene rings is 7. The second-order valence-corrected chi connectivity index (χ2v) is 15.6. The Kier molecular flexibility index (Phi) is 9.27. The summed E-state index contributed by atoms with van der Waals surface area (Å²) < 4.78 is 9.10. The summed E-state index contributed by atoms with van der Waals surface area (Å²) >= 11 is 0. The minimum Gasteiger partial charge on any atom is -0.455 e. The smallest absolute Gasteiger partial charge is 0.163 e. The zero-order valence-electron chi connectivity index (χ0n) is 34.3. The van der Waals surface area contributed by atoms with E-state index in [1.54, 1.807) is 0 Å². The van der Waals surface area contributed by atoms with Crippen LogP contribution < -0.4 is 0 Å². The van der Waals surface area contributed by atoms with Gasteiger partial charge in [-0.1, -0.05) is 171 Å². The molecule has 62 heavy (non-hydrogen) atoms. The Hall–Kier alpha value is -8.03. The molecule has 11 aromatic rings. The van der Waals surface area contributed by atoms with E-state index in [4.69, 9.17) is 29.3 Å². The zero-order chi connectivity index (χ0) is 41.6. The van der Waals surface area contributed by atoms with Gasteiger partial charge in [0.25, 0.3) is 0 Å². The van der Waals surface area contributed by atoms with Crippen molar-refractivity contribution < 1.29 is 4.42 Å². The minimum atomic E-state index is 0.119. The Balaban J connectivity index is 1.16. The summed E-state index contributed by atoms with van der Waals surface area (Å²) in [5.41, 5.74) is 10.4. The highest BCUT2D eigenvalue weighted by molar-refractivity contribution is 6.27. The SMILES string of the molecule is C/C=C\C[C@H](C)c1nc(-c2ccccc2)nc(-c2ccc(-c3cc4c5ccccc5oc4c4c5ccccc5n(-c5cc(-c6ccccc6)nc(-c6ccccc6)n5)c34)cc2)n1. The van der Waals surface area contributed by atoms with Crippen molar-refractivity contribution in [3.63, 3.8) is 0 Å². The predicted octanol–water partition coefficient (Wildman–Crippen LogP) is 14.1. The molecule has 296 valence electrons. The monoisotopic (exact) mass is 800 g/mol. The van der Waals surface area contributed by atoms with E-state index in [1.807, 2.05) is 85.8 Å². The number of furan rings is 1. The average Bonchev–Trinajstić information content (AvgIpc) is 3.90. The summed E-state index contributed by atoms with van der Waals surface area (Å²) in [4.78, 5) is 25.6. The minimum absolute atomic E-state index is 0.119. The highest BCUT2D eigenvalue weighted by Crippen LogP contribution is 2.45. The third-order valence-electron chi connectivity index (χ3n) is 11.6. The molecule has 0 aliphatic rings. The molecule has 1 atom stereocenters. The van der Waals surface area contributed by atoms with Gasteiger partial charge in [-0.05, 0) is 37.1 Å². The molecular formula is C55H40N6O. The van der Waals surface area contributed by atoms with Gasteiger partial charge in [0.2, 0.25) is 0 Å². The van der Waals surface area contributed by atoms with Crippen LogP contribution in [0.3, 0.4) is 0 Å². The molecular weight excluding hydrogens is 761 g/mol. The van der Waals surface area contributed by atoms with E-state index in [0.29, 0.717) is 17.5 Å². The fraction of sp³-hybridized carbons (Fsp3) is 0.0727. The number of nitrogens with zero attached hydrogens (tertiary/aromatic N) is 6. The molecule has 0 unspecified atom stereocenters. The summed E-state index contributed by atoms with van der Waals surface area (Å²) in [5, 5.41) is 4.22. The molecule has 11 rings (SSSR count). The standard InChI is InChI=1S/C55H40N6O/c1-3-4-18-35(2)52-58-54(39-23-12-7-13-24-39)60-55(59-52)40-31-29-36(30-32-40)43-33-44-41-25-15-17-28-47(41)62-51(44)49-42-26-14-16-27-46(42)61(50(43)49)48-34-45(37-19-8-5-9-20-37)56-53(57-48)38-21-10-6-11-22-38/h3-17,19-35H,18H2,1-2H3/b4-3-/t35-/m0/s1. The first-order valence-electron chi connectivity index (χ1n) is 21.0. The number of para-hydroxylation sites is 2. The van der Waals surface area contributed by atoms with Gasteiger partial charge in [0.05, 0.1) is 22.1 Å². The molecule has 0 saturated carbocycles. The van der Waals surface area contributed by atoms with Crippen molar-refractivity contribution in [2.45, 2.75) is 26.2 Å². The first kappa shape index (κ1) is 37.0. The van der Waals surface area contributed by atoms with Crippen LogP contribution in [0.4, 0.5) is 0 Å². The highest BCUT2D eigenvalue weighted by atomic mass is 16.3. The van der Waals surface area contributed by atoms with Crippen LogP contribution in [0.1, 0.15) is 32.0 Å². The van der Waals surface area contributed by atoms with Crippen LogP contribution in [-0.2, 0) is 0 Å². The molecule has 7 heteroatoms. The van der Waals surface area contributed by atoms with E-state index in [-0.39, 0.29) is 5.92 Å². The first-order valence-corrected chi connectivity index (χ1v) is 21.0. The maximum absolute atomic E-state index is 6.81. The Labute approximate surface area is 358 Å². The summed E-state index contributed by atoms with van der Waals surface area (Å²) in [6.07, 6.45) is 5.08. The highest BCUT2D eigenvalue weighted by Gasteiger charge is 2.25. The van der Waals surface area contributed by atoms with Crippen molar-refractivity contribution in [3.8, 4) is 62.4 Å². The lowest BCUT2D eigenvalue weighted by atomic mass is 9.97. The summed E-state index contributed by atoms with van der Waals surface area (Å²) in [7, 11) is 0. The average molecular weight is 801 g/mol. The lowest BCUT2D eigenvalue weighted by molar-refractivity contribution is 0.673. The van der Waals surface area contributed by atoms with Crippen LogP contribution in [0.2, 0.25) is 0 Å². The van der Waals surface area contributed by atoms with Gasteiger partial charge in [-0.15, -0.1) is 0 Å². The Bertz CT molecular complexity index is 3390.